The third-order valence-corrected chi connectivity index (χ3v) is 5.93. The van der Waals surface area contributed by atoms with Gasteiger partial charge in [0.05, 0.1) is 34.9 Å². The minimum atomic E-state index is -1.59. The molecule has 24 heavy (non-hydrogen) atoms. The first kappa shape index (κ1) is 15.7. The quantitative estimate of drug-likeness (QED) is 0.826. The van der Waals surface area contributed by atoms with Crippen LogP contribution in [0.1, 0.15) is 18.4 Å². The van der Waals surface area contributed by atoms with E-state index in [4.69, 9.17) is 38.4 Å². The Morgan fingerprint density at radius 3 is 2.67 bits per heavy atom. The largest absolute Gasteiger partial charge is 0.386 e. The number of ether oxygens (including phenoxy) is 2. The molecule has 1 saturated carbocycles. The molecule has 1 aliphatic carbocycles. The minimum Gasteiger partial charge on any atom is -0.386 e. The number of aliphatic imine (C=N–C) groups is 1. The fraction of sp³-hybridized carbons (Fsp3) is 0.438. The molecule has 8 heteroatoms. The van der Waals surface area contributed by atoms with Crippen LogP contribution in [0, 0.1) is 33.5 Å². The summed E-state index contributed by atoms with van der Waals surface area (Å²) in [5.74, 6) is -2.19. The second kappa shape index (κ2) is 4.62. The van der Waals surface area contributed by atoms with Crippen molar-refractivity contribution in [1.82, 2.24) is 0 Å². The van der Waals surface area contributed by atoms with Crippen LogP contribution in [-0.2, 0) is 9.47 Å². The SMILES string of the molecule is C[C@@H]1CO[C@]2(N=C(N)[C@@]3(C#N)[C@@H](c4cccc(Cl)c4Cl)[C@@]23C#N)O1. The molecule has 2 N–H and O–H groups in total. The highest BCUT2D eigenvalue weighted by molar-refractivity contribution is 6.42. The zero-order valence-corrected chi connectivity index (χ0v) is 14.1. The Balaban J connectivity index is 1.96. The van der Waals surface area contributed by atoms with Gasteiger partial charge in [0.25, 0.3) is 5.91 Å². The molecule has 0 radical (unpaired) electrons. The van der Waals surface area contributed by atoms with Gasteiger partial charge in [0.2, 0.25) is 0 Å². The van der Waals surface area contributed by atoms with Crippen molar-refractivity contribution in [2.24, 2.45) is 21.6 Å². The van der Waals surface area contributed by atoms with E-state index in [0.29, 0.717) is 10.6 Å². The van der Waals surface area contributed by atoms with E-state index < -0.39 is 22.7 Å². The maximum Gasteiger partial charge on any atom is 0.293 e. The van der Waals surface area contributed by atoms with E-state index in [9.17, 15) is 10.5 Å². The van der Waals surface area contributed by atoms with Gasteiger partial charge in [0.1, 0.15) is 11.3 Å². The number of amidine groups is 1. The number of hydrogen-bond donors (Lipinski definition) is 1. The molecule has 1 aromatic carbocycles. The number of fused-ring (bicyclic) bond motifs is 2. The topological polar surface area (TPSA) is 104 Å². The molecule has 2 fully saturated rings. The van der Waals surface area contributed by atoms with Crippen molar-refractivity contribution in [3.8, 4) is 12.1 Å². The maximum absolute atomic E-state index is 10.0. The van der Waals surface area contributed by atoms with E-state index >= 15 is 0 Å². The molecule has 3 aliphatic rings. The van der Waals surface area contributed by atoms with E-state index in [2.05, 4.69) is 17.1 Å². The average Bonchev–Trinajstić information content (AvgIpc) is 2.93. The summed E-state index contributed by atoms with van der Waals surface area (Å²) in [6.45, 7) is 2.07. The second-order valence-electron chi connectivity index (χ2n) is 6.23. The molecule has 5 atom stereocenters. The third kappa shape index (κ3) is 1.42. The van der Waals surface area contributed by atoms with Gasteiger partial charge < -0.3 is 15.2 Å². The van der Waals surface area contributed by atoms with Crippen LogP contribution < -0.4 is 5.73 Å². The van der Waals surface area contributed by atoms with Gasteiger partial charge in [-0.2, -0.15) is 10.5 Å². The lowest BCUT2D eigenvalue weighted by Crippen LogP contribution is -2.39. The lowest BCUT2D eigenvalue weighted by Gasteiger charge is -2.26. The van der Waals surface area contributed by atoms with Crippen LogP contribution in [0.25, 0.3) is 0 Å². The number of benzene rings is 1. The number of nitriles is 2. The highest BCUT2D eigenvalue weighted by Gasteiger charge is 2.94. The Labute approximate surface area is 148 Å². The molecule has 1 aromatic rings. The number of nitrogens with zero attached hydrogens (tertiary/aromatic N) is 3. The zero-order valence-electron chi connectivity index (χ0n) is 12.6. The standard InChI is InChI=1S/C16H12Cl2N4O2/c1-8-5-23-16(24-8)15(7-20)12(14(15,6-19)13(21)22-16)9-3-2-4-10(17)11(9)18/h2-4,8,12H,5H2,1H3,(H2,21,22)/t8-,12-,14-,15-,16+/m1/s1. The van der Waals surface area contributed by atoms with E-state index in [1.165, 1.54) is 0 Å². The molecule has 2 aliphatic heterocycles. The van der Waals surface area contributed by atoms with Crippen molar-refractivity contribution in [3.63, 3.8) is 0 Å². The lowest BCUT2D eigenvalue weighted by molar-refractivity contribution is -0.193. The van der Waals surface area contributed by atoms with E-state index in [1.807, 2.05) is 6.92 Å². The Bertz CT molecular complexity index is 876. The number of rotatable bonds is 1. The van der Waals surface area contributed by atoms with Gasteiger partial charge in [-0.3, -0.25) is 0 Å². The monoisotopic (exact) mass is 362 g/mol. The predicted octanol–water partition coefficient (Wildman–Crippen LogP) is 2.57. The van der Waals surface area contributed by atoms with Crippen LogP contribution in [-0.4, -0.2) is 24.5 Å². The Kier molecular flexibility index (Phi) is 3.02. The molecule has 122 valence electrons. The normalized spacial score (nSPS) is 42.3. The summed E-state index contributed by atoms with van der Waals surface area (Å²) >= 11 is 12.4. The first-order valence-corrected chi connectivity index (χ1v) is 8.10. The van der Waals surface area contributed by atoms with Gasteiger partial charge in [-0.05, 0) is 18.6 Å². The van der Waals surface area contributed by atoms with Crippen molar-refractivity contribution in [3.05, 3.63) is 33.8 Å². The van der Waals surface area contributed by atoms with E-state index in [0.717, 1.165) is 0 Å². The zero-order chi connectivity index (χ0) is 17.3. The number of halogens is 2. The van der Waals surface area contributed by atoms with Crippen LogP contribution in [0.2, 0.25) is 10.0 Å². The van der Waals surface area contributed by atoms with Crippen LogP contribution >= 0.6 is 23.2 Å². The summed E-state index contributed by atoms with van der Waals surface area (Å²) in [6.07, 6.45) is -0.266. The van der Waals surface area contributed by atoms with Crippen molar-refractivity contribution < 1.29 is 9.47 Å². The third-order valence-electron chi connectivity index (χ3n) is 5.09. The highest BCUT2D eigenvalue weighted by Crippen LogP contribution is 2.83. The van der Waals surface area contributed by atoms with Gasteiger partial charge >= 0.3 is 0 Å². The van der Waals surface area contributed by atoms with Gasteiger partial charge in [0.15, 0.2) is 5.41 Å². The molecule has 0 amide bonds. The van der Waals surface area contributed by atoms with E-state index in [1.54, 1.807) is 18.2 Å². The molecule has 1 spiro atoms. The van der Waals surface area contributed by atoms with Crippen LogP contribution in [0.5, 0.6) is 0 Å². The van der Waals surface area contributed by atoms with Gasteiger partial charge in [-0.1, -0.05) is 35.3 Å². The Morgan fingerprint density at radius 1 is 1.33 bits per heavy atom. The fourth-order valence-corrected chi connectivity index (χ4v) is 4.49. The van der Waals surface area contributed by atoms with Gasteiger partial charge in [-0.25, -0.2) is 4.99 Å². The van der Waals surface area contributed by atoms with Crippen LogP contribution in [0.3, 0.4) is 0 Å². The summed E-state index contributed by atoms with van der Waals surface area (Å²) in [4.78, 5) is 4.24. The average molecular weight is 363 g/mol. The summed E-state index contributed by atoms with van der Waals surface area (Å²) in [5.41, 5.74) is 3.91. The van der Waals surface area contributed by atoms with Gasteiger partial charge in [-0.15, -0.1) is 0 Å². The van der Waals surface area contributed by atoms with Crippen LogP contribution in [0.4, 0.5) is 0 Å². The predicted molar refractivity (Wildman–Crippen MR) is 86.1 cm³/mol. The molecule has 2 heterocycles. The van der Waals surface area contributed by atoms with Crippen molar-refractivity contribution in [1.29, 1.82) is 10.5 Å². The molecular weight excluding hydrogens is 351 g/mol. The van der Waals surface area contributed by atoms with Gasteiger partial charge in [0, 0.05) is 5.92 Å². The molecule has 1 saturated heterocycles. The summed E-state index contributed by atoms with van der Waals surface area (Å²) in [6, 6.07) is 9.48. The first-order chi connectivity index (χ1) is 11.4. The second-order valence-corrected chi connectivity index (χ2v) is 7.02. The van der Waals surface area contributed by atoms with Crippen molar-refractivity contribution in [2.45, 2.75) is 24.9 Å². The summed E-state index contributed by atoms with van der Waals surface area (Å²) in [5, 5.41) is 20.5. The molecule has 6 nitrogen and oxygen atoms in total. The number of nitrogens with two attached hydrogens (primary N) is 1. The minimum absolute atomic E-state index is 0.0293. The molecular formula is C16H12Cl2N4O2. The molecule has 0 unspecified atom stereocenters. The summed E-state index contributed by atoms with van der Waals surface area (Å²) in [7, 11) is 0. The lowest BCUT2D eigenvalue weighted by atomic mass is 9.94. The van der Waals surface area contributed by atoms with Crippen molar-refractivity contribution >= 4 is 29.0 Å². The van der Waals surface area contributed by atoms with E-state index in [-0.39, 0.29) is 23.6 Å². The van der Waals surface area contributed by atoms with Crippen LogP contribution in [0.15, 0.2) is 23.2 Å². The molecule has 0 bridgehead atoms. The smallest absolute Gasteiger partial charge is 0.293 e. The maximum atomic E-state index is 10.0. The summed E-state index contributed by atoms with van der Waals surface area (Å²) < 4.78 is 11.6. The van der Waals surface area contributed by atoms with Crippen molar-refractivity contribution in [2.75, 3.05) is 6.61 Å². The Morgan fingerprint density at radius 2 is 2.08 bits per heavy atom. The molecule has 0 aromatic heterocycles. The Hall–Kier alpha value is -1.83. The first-order valence-electron chi connectivity index (χ1n) is 7.34. The highest BCUT2D eigenvalue weighted by atomic mass is 35.5. The fourth-order valence-electron chi connectivity index (χ4n) is 4.07. The molecule has 4 rings (SSSR count). The number of hydrogen-bond acceptors (Lipinski definition) is 6.